The van der Waals surface area contributed by atoms with Gasteiger partial charge in [0.15, 0.2) is 18.1 Å². The van der Waals surface area contributed by atoms with E-state index in [0.29, 0.717) is 18.0 Å². The largest absolute Gasteiger partial charge is 0.493 e. The summed E-state index contributed by atoms with van der Waals surface area (Å²) in [5, 5.41) is 6.27. The van der Waals surface area contributed by atoms with E-state index in [1.807, 2.05) is 45.0 Å². The molecule has 0 spiro atoms. The van der Waals surface area contributed by atoms with Gasteiger partial charge in [-0.15, -0.1) is 0 Å². The minimum Gasteiger partial charge on any atom is -0.493 e. The van der Waals surface area contributed by atoms with Crippen molar-refractivity contribution in [3.05, 3.63) is 52.0 Å². The summed E-state index contributed by atoms with van der Waals surface area (Å²) in [4.78, 5) is 12.1. The normalized spacial score (nSPS) is 11.0. The molecule has 0 aliphatic heterocycles. The molecule has 0 bridgehead atoms. The fourth-order valence-electron chi connectivity index (χ4n) is 2.52. The van der Waals surface area contributed by atoms with Crippen LogP contribution in [0, 0.1) is 6.92 Å². The van der Waals surface area contributed by atoms with Crippen molar-refractivity contribution in [3.8, 4) is 11.5 Å². The highest BCUT2D eigenvalue weighted by Gasteiger charge is 2.18. The van der Waals surface area contributed by atoms with Crippen molar-refractivity contribution in [1.82, 2.24) is 5.32 Å². The highest BCUT2D eigenvalue weighted by molar-refractivity contribution is 9.10. The third-order valence-electron chi connectivity index (χ3n) is 3.77. The van der Waals surface area contributed by atoms with E-state index < -0.39 is 0 Å². The molecule has 0 saturated heterocycles. The van der Waals surface area contributed by atoms with Crippen molar-refractivity contribution in [2.75, 3.05) is 19.0 Å². The number of nitrogens with one attached hydrogen (secondary N) is 2. The van der Waals surface area contributed by atoms with Gasteiger partial charge in [-0.1, -0.05) is 33.6 Å². The Morgan fingerprint density at radius 1 is 1.11 bits per heavy atom. The lowest BCUT2D eigenvalue weighted by Gasteiger charge is -2.22. The topological polar surface area (TPSA) is 59.6 Å². The van der Waals surface area contributed by atoms with E-state index in [9.17, 15) is 4.79 Å². The van der Waals surface area contributed by atoms with E-state index in [-0.39, 0.29) is 18.1 Å². The van der Waals surface area contributed by atoms with Gasteiger partial charge in [0, 0.05) is 27.8 Å². The first kappa shape index (κ1) is 21.1. The zero-order valence-corrected chi connectivity index (χ0v) is 18.1. The smallest absolute Gasteiger partial charge is 0.258 e. The Morgan fingerprint density at radius 2 is 1.78 bits per heavy atom. The summed E-state index contributed by atoms with van der Waals surface area (Å²) in [5.74, 6) is 0.958. The van der Waals surface area contributed by atoms with Crippen LogP contribution in [0.4, 0.5) is 5.69 Å². The fourth-order valence-corrected chi connectivity index (χ4v) is 2.97. The summed E-state index contributed by atoms with van der Waals surface area (Å²) in [5.41, 5.74) is 2.79. The van der Waals surface area contributed by atoms with E-state index in [1.165, 1.54) is 5.56 Å². The van der Waals surface area contributed by atoms with Crippen LogP contribution in [-0.2, 0) is 11.3 Å². The van der Waals surface area contributed by atoms with Gasteiger partial charge in [0.05, 0.1) is 7.11 Å². The Morgan fingerprint density at radius 3 is 2.37 bits per heavy atom. The Labute approximate surface area is 169 Å². The summed E-state index contributed by atoms with van der Waals surface area (Å²) in [6.45, 7) is 8.29. The predicted molar refractivity (Wildman–Crippen MR) is 113 cm³/mol. The molecule has 27 heavy (non-hydrogen) atoms. The highest BCUT2D eigenvalue weighted by Crippen LogP contribution is 2.36. The van der Waals surface area contributed by atoms with Crippen molar-refractivity contribution >= 4 is 27.5 Å². The van der Waals surface area contributed by atoms with Crippen molar-refractivity contribution < 1.29 is 14.3 Å². The third-order valence-corrected chi connectivity index (χ3v) is 4.51. The second-order valence-electron chi connectivity index (χ2n) is 7.36. The Kier molecular flexibility index (Phi) is 7.13. The van der Waals surface area contributed by atoms with Crippen LogP contribution in [0.3, 0.4) is 0 Å². The molecule has 5 nitrogen and oxygen atoms in total. The van der Waals surface area contributed by atoms with Crippen LogP contribution < -0.4 is 20.1 Å². The molecular weight excluding hydrogens is 408 g/mol. The number of aryl methyl sites for hydroxylation is 1. The van der Waals surface area contributed by atoms with Crippen LogP contribution in [0.1, 0.15) is 31.9 Å². The number of methoxy groups -OCH3 is 1. The van der Waals surface area contributed by atoms with Gasteiger partial charge in [-0.2, -0.15) is 0 Å². The first-order chi connectivity index (χ1) is 12.7. The Hall–Kier alpha value is -2.21. The molecule has 2 aromatic rings. The molecule has 1 amide bonds. The molecule has 0 atom stereocenters. The maximum Gasteiger partial charge on any atom is 0.258 e. The number of rotatable bonds is 7. The molecule has 0 unspecified atom stereocenters. The number of benzene rings is 2. The van der Waals surface area contributed by atoms with Crippen molar-refractivity contribution in [1.29, 1.82) is 0 Å². The number of halogens is 1. The van der Waals surface area contributed by atoms with Gasteiger partial charge in [0.1, 0.15) is 0 Å². The zero-order chi connectivity index (χ0) is 20.0. The van der Waals surface area contributed by atoms with Crippen LogP contribution in [0.15, 0.2) is 40.9 Å². The van der Waals surface area contributed by atoms with E-state index in [1.54, 1.807) is 7.11 Å². The first-order valence-electron chi connectivity index (χ1n) is 8.79. The monoisotopic (exact) mass is 434 g/mol. The molecule has 6 heteroatoms. The lowest BCUT2D eigenvalue weighted by atomic mass is 10.1. The number of hydrogen-bond acceptors (Lipinski definition) is 4. The molecule has 146 valence electrons. The van der Waals surface area contributed by atoms with Gasteiger partial charge in [-0.3, -0.25) is 4.79 Å². The number of anilines is 1. The molecule has 0 aliphatic carbocycles. The van der Waals surface area contributed by atoms with E-state index in [4.69, 9.17) is 9.47 Å². The van der Waals surface area contributed by atoms with Crippen molar-refractivity contribution in [2.24, 2.45) is 0 Å². The summed E-state index contributed by atoms with van der Waals surface area (Å²) >= 11 is 3.58. The number of amides is 1. The van der Waals surface area contributed by atoms with E-state index in [2.05, 4.69) is 45.6 Å². The average molecular weight is 435 g/mol. The first-order valence-corrected chi connectivity index (χ1v) is 9.58. The van der Waals surface area contributed by atoms with Crippen LogP contribution in [0.5, 0.6) is 11.5 Å². The van der Waals surface area contributed by atoms with Crippen LogP contribution in [0.2, 0.25) is 0 Å². The number of carbonyl (C=O) groups excluding carboxylic acids is 1. The van der Waals surface area contributed by atoms with Crippen LogP contribution in [-0.4, -0.2) is 25.2 Å². The van der Waals surface area contributed by atoms with Crippen LogP contribution in [0.25, 0.3) is 0 Å². The zero-order valence-electron chi connectivity index (χ0n) is 16.5. The maximum absolute atomic E-state index is 12.1. The van der Waals surface area contributed by atoms with E-state index in [0.717, 1.165) is 15.7 Å². The molecule has 0 fully saturated rings. The quantitative estimate of drug-likeness (QED) is 0.664. The summed E-state index contributed by atoms with van der Waals surface area (Å²) in [6, 6.07) is 11.9. The predicted octanol–water partition coefficient (Wildman–Crippen LogP) is 4.67. The molecule has 0 radical (unpaired) electrons. The SMILES string of the molecule is COc1ccc(Br)c(CNc2ccc(C)cc2)c1OCC(=O)NC(C)(C)C. The van der Waals surface area contributed by atoms with Gasteiger partial charge in [-0.05, 0) is 52.0 Å². The number of carbonyl (C=O) groups is 1. The van der Waals surface area contributed by atoms with Crippen LogP contribution >= 0.6 is 15.9 Å². The van der Waals surface area contributed by atoms with Crippen molar-refractivity contribution in [3.63, 3.8) is 0 Å². The molecule has 2 N–H and O–H groups in total. The van der Waals surface area contributed by atoms with E-state index >= 15 is 0 Å². The summed E-state index contributed by atoms with van der Waals surface area (Å²) in [7, 11) is 1.59. The molecular formula is C21H27BrN2O3. The Bertz CT molecular complexity index is 783. The van der Waals surface area contributed by atoms with Gasteiger partial charge < -0.3 is 20.1 Å². The molecule has 0 saturated carbocycles. The summed E-state index contributed by atoms with van der Waals surface area (Å²) in [6.07, 6.45) is 0. The molecule has 0 heterocycles. The maximum atomic E-state index is 12.1. The minimum atomic E-state index is -0.308. The second kappa shape index (κ2) is 9.13. The van der Waals surface area contributed by atoms with Gasteiger partial charge in [0.2, 0.25) is 0 Å². The molecule has 0 aliphatic rings. The van der Waals surface area contributed by atoms with Gasteiger partial charge >= 0.3 is 0 Å². The minimum absolute atomic E-state index is 0.0817. The number of ether oxygens (including phenoxy) is 2. The average Bonchev–Trinajstić information content (AvgIpc) is 2.59. The highest BCUT2D eigenvalue weighted by atomic mass is 79.9. The molecule has 0 aromatic heterocycles. The van der Waals surface area contributed by atoms with Gasteiger partial charge in [0.25, 0.3) is 5.91 Å². The second-order valence-corrected chi connectivity index (χ2v) is 8.22. The number of hydrogen-bond donors (Lipinski definition) is 2. The van der Waals surface area contributed by atoms with Crippen molar-refractivity contribution in [2.45, 2.75) is 39.8 Å². The van der Waals surface area contributed by atoms with Gasteiger partial charge in [-0.25, -0.2) is 0 Å². The fraction of sp³-hybridized carbons (Fsp3) is 0.381. The Balaban J connectivity index is 2.17. The molecule has 2 aromatic carbocycles. The lowest BCUT2D eigenvalue weighted by molar-refractivity contribution is -0.124. The molecule has 2 rings (SSSR count). The standard InChI is InChI=1S/C21H27BrN2O3/c1-14-6-8-15(9-7-14)23-12-16-17(22)10-11-18(26-5)20(16)27-13-19(25)24-21(2,3)4/h6-11,23H,12-13H2,1-5H3,(H,24,25). The third kappa shape index (κ3) is 6.47. The lowest BCUT2D eigenvalue weighted by Crippen LogP contribution is -2.43. The summed E-state index contributed by atoms with van der Waals surface area (Å²) < 4.78 is 12.2.